The molecule has 3 aromatic carbocycles. The van der Waals surface area contributed by atoms with Crippen LogP contribution in [0.4, 0.5) is 10.1 Å². The van der Waals surface area contributed by atoms with Crippen LogP contribution < -0.4 is 10.1 Å². The summed E-state index contributed by atoms with van der Waals surface area (Å²) >= 11 is 0. The van der Waals surface area contributed by atoms with Crippen LogP contribution in [0.15, 0.2) is 72.8 Å². The lowest BCUT2D eigenvalue weighted by molar-refractivity contribution is -0.110. The summed E-state index contributed by atoms with van der Waals surface area (Å²) in [6.45, 7) is 0.170. The third-order valence-corrected chi connectivity index (χ3v) is 4.25. The topological polar surface area (TPSA) is 38.3 Å². The first-order valence-corrected chi connectivity index (χ1v) is 8.29. The van der Waals surface area contributed by atoms with Crippen LogP contribution in [0.2, 0.25) is 0 Å². The van der Waals surface area contributed by atoms with Crippen LogP contribution in [0.1, 0.15) is 16.7 Å². The van der Waals surface area contributed by atoms with Gasteiger partial charge in [-0.15, -0.1) is 0 Å². The number of ether oxygens (including phenoxy) is 1. The molecule has 4 rings (SSSR count). The number of carbonyl (C=O) groups is 1. The SMILES string of the molecule is O=C1Nc2ccccc2/C1=C/c1ccc(OCc2ccccc2F)cc1. The maximum atomic E-state index is 13.6. The van der Waals surface area contributed by atoms with Crippen molar-refractivity contribution in [3.05, 3.63) is 95.3 Å². The second-order valence-corrected chi connectivity index (χ2v) is 6.01. The number of hydrogen-bond donors (Lipinski definition) is 1. The van der Waals surface area contributed by atoms with E-state index in [2.05, 4.69) is 5.32 Å². The molecule has 4 heteroatoms. The van der Waals surface area contributed by atoms with Gasteiger partial charge >= 0.3 is 0 Å². The molecule has 0 saturated heterocycles. The largest absolute Gasteiger partial charge is 0.489 e. The summed E-state index contributed by atoms with van der Waals surface area (Å²) in [5.41, 5.74) is 3.77. The molecule has 0 aromatic heterocycles. The highest BCUT2D eigenvalue weighted by atomic mass is 19.1. The van der Waals surface area contributed by atoms with Gasteiger partial charge in [0.1, 0.15) is 18.2 Å². The van der Waals surface area contributed by atoms with Crippen molar-refractivity contribution in [2.45, 2.75) is 6.61 Å². The number of halogens is 1. The molecule has 1 N–H and O–H groups in total. The second kappa shape index (κ2) is 6.84. The zero-order chi connectivity index (χ0) is 17.9. The zero-order valence-electron chi connectivity index (χ0n) is 13.9. The predicted molar refractivity (Wildman–Crippen MR) is 100 cm³/mol. The van der Waals surface area contributed by atoms with E-state index in [0.29, 0.717) is 16.9 Å². The van der Waals surface area contributed by atoms with Crippen LogP contribution in [0.25, 0.3) is 11.6 Å². The fourth-order valence-corrected chi connectivity index (χ4v) is 2.89. The molecule has 0 radical (unpaired) electrons. The van der Waals surface area contributed by atoms with Gasteiger partial charge in [-0.1, -0.05) is 48.5 Å². The Morgan fingerprint density at radius 3 is 2.46 bits per heavy atom. The number of rotatable bonds is 4. The number of carbonyl (C=O) groups excluding carboxylic acids is 1. The Bertz CT molecular complexity index is 993. The van der Waals surface area contributed by atoms with Gasteiger partial charge in [0.25, 0.3) is 5.91 Å². The molecule has 1 heterocycles. The van der Waals surface area contributed by atoms with E-state index in [1.54, 1.807) is 18.2 Å². The van der Waals surface area contributed by atoms with Crippen LogP contribution in [0, 0.1) is 5.82 Å². The molecule has 128 valence electrons. The van der Waals surface area contributed by atoms with Gasteiger partial charge in [-0.25, -0.2) is 4.39 Å². The Labute approximate surface area is 150 Å². The van der Waals surface area contributed by atoms with E-state index >= 15 is 0 Å². The summed E-state index contributed by atoms with van der Waals surface area (Å²) in [7, 11) is 0. The molecule has 0 atom stereocenters. The zero-order valence-corrected chi connectivity index (χ0v) is 13.9. The first kappa shape index (κ1) is 16.1. The minimum atomic E-state index is -0.278. The van der Waals surface area contributed by atoms with Crippen LogP contribution >= 0.6 is 0 Å². The number of hydrogen-bond acceptors (Lipinski definition) is 2. The summed E-state index contributed by atoms with van der Waals surface area (Å²) in [5, 5.41) is 2.86. The molecule has 1 amide bonds. The van der Waals surface area contributed by atoms with Gasteiger partial charge in [-0.3, -0.25) is 4.79 Å². The van der Waals surface area contributed by atoms with Crippen LogP contribution in [0.3, 0.4) is 0 Å². The average Bonchev–Trinajstić information content (AvgIpc) is 2.98. The Morgan fingerprint density at radius 2 is 1.65 bits per heavy atom. The summed E-state index contributed by atoms with van der Waals surface area (Å²) < 4.78 is 19.3. The van der Waals surface area contributed by atoms with Crippen molar-refractivity contribution in [1.29, 1.82) is 0 Å². The highest BCUT2D eigenvalue weighted by Gasteiger charge is 2.23. The number of nitrogens with one attached hydrogen (secondary N) is 1. The molecule has 0 fully saturated rings. The van der Waals surface area contributed by atoms with Crippen LogP contribution in [0.5, 0.6) is 5.75 Å². The van der Waals surface area contributed by atoms with E-state index in [0.717, 1.165) is 16.8 Å². The normalized spacial score (nSPS) is 14.2. The van der Waals surface area contributed by atoms with Gasteiger partial charge in [0, 0.05) is 22.4 Å². The van der Waals surface area contributed by atoms with Crippen molar-refractivity contribution < 1.29 is 13.9 Å². The van der Waals surface area contributed by atoms with Gasteiger partial charge in [0.2, 0.25) is 0 Å². The van der Waals surface area contributed by atoms with Crippen LogP contribution in [-0.4, -0.2) is 5.91 Å². The number of amides is 1. The van der Waals surface area contributed by atoms with Gasteiger partial charge < -0.3 is 10.1 Å². The van der Waals surface area contributed by atoms with E-state index in [4.69, 9.17) is 4.74 Å². The highest BCUT2D eigenvalue weighted by Crippen LogP contribution is 2.32. The molecule has 3 nitrogen and oxygen atoms in total. The molecule has 0 spiro atoms. The molecule has 26 heavy (non-hydrogen) atoms. The molecule has 1 aliphatic rings. The smallest absolute Gasteiger partial charge is 0.256 e. The maximum Gasteiger partial charge on any atom is 0.256 e. The van der Waals surface area contributed by atoms with Gasteiger partial charge in [0.15, 0.2) is 0 Å². The van der Waals surface area contributed by atoms with Crippen molar-refractivity contribution in [2.75, 3.05) is 5.32 Å². The lowest BCUT2D eigenvalue weighted by atomic mass is 10.0. The van der Waals surface area contributed by atoms with E-state index in [1.165, 1.54) is 6.07 Å². The van der Waals surface area contributed by atoms with Gasteiger partial charge in [-0.2, -0.15) is 0 Å². The molecule has 1 aliphatic heterocycles. The first-order chi connectivity index (χ1) is 12.7. The number of fused-ring (bicyclic) bond motifs is 1. The number of benzene rings is 3. The summed E-state index contributed by atoms with van der Waals surface area (Å²) in [6, 6.07) is 21.5. The number of para-hydroxylation sites is 1. The third kappa shape index (κ3) is 3.22. The summed E-state index contributed by atoms with van der Waals surface area (Å²) in [4.78, 5) is 12.2. The van der Waals surface area contributed by atoms with Crippen molar-refractivity contribution in [3.63, 3.8) is 0 Å². The predicted octanol–water partition coefficient (Wildman–Crippen LogP) is 4.90. The van der Waals surface area contributed by atoms with E-state index < -0.39 is 0 Å². The van der Waals surface area contributed by atoms with Crippen LogP contribution in [-0.2, 0) is 11.4 Å². The van der Waals surface area contributed by atoms with Gasteiger partial charge in [-0.05, 0) is 35.9 Å². The van der Waals surface area contributed by atoms with Crippen molar-refractivity contribution in [2.24, 2.45) is 0 Å². The summed E-state index contributed by atoms with van der Waals surface area (Å²) in [6.07, 6.45) is 1.85. The quantitative estimate of drug-likeness (QED) is 0.683. The van der Waals surface area contributed by atoms with Crippen molar-refractivity contribution in [1.82, 2.24) is 0 Å². The van der Waals surface area contributed by atoms with Crippen molar-refractivity contribution in [3.8, 4) is 5.75 Å². The van der Waals surface area contributed by atoms with E-state index in [1.807, 2.05) is 54.6 Å². The average molecular weight is 345 g/mol. The summed E-state index contributed by atoms with van der Waals surface area (Å²) in [5.74, 6) is 0.262. The monoisotopic (exact) mass is 345 g/mol. The second-order valence-electron chi connectivity index (χ2n) is 6.01. The molecule has 0 unspecified atom stereocenters. The van der Waals surface area contributed by atoms with Gasteiger partial charge in [0.05, 0.1) is 0 Å². The minimum Gasteiger partial charge on any atom is -0.489 e. The lowest BCUT2D eigenvalue weighted by Gasteiger charge is -2.07. The Morgan fingerprint density at radius 1 is 0.923 bits per heavy atom. The standard InChI is InChI=1S/C22H16FNO2/c23-20-7-3-1-5-16(20)14-26-17-11-9-15(10-12-17)13-19-18-6-2-4-8-21(18)24-22(19)25/h1-13H,14H2,(H,24,25)/b19-13-. The first-order valence-electron chi connectivity index (χ1n) is 8.29. The molecule has 3 aromatic rings. The lowest BCUT2D eigenvalue weighted by Crippen LogP contribution is -2.03. The fraction of sp³-hybridized carbons (Fsp3) is 0.0455. The fourth-order valence-electron chi connectivity index (χ4n) is 2.89. The third-order valence-electron chi connectivity index (χ3n) is 4.25. The molecular formula is C22H16FNO2. The Hall–Kier alpha value is -3.40. The highest BCUT2D eigenvalue weighted by molar-refractivity contribution is 6.34. The van der Waals surface area contributed by atoms with E-state index in [9.17, 15) is 9.18 Å². The Kier molecular flexibility index (Phi) is 4.23. The maximum absolute atomic E-state index is 13.6. The molecule has 0 saturated carbocycles. The molecule has 0 bridgehead atoms. The molecule has 0 aliphatic carbocycles. The Balaban J connectivity index is 1.50. The minimum absolute atomic E-state index is 0.105. The van der Waals surface area contributed by atoms with E-state index in [-0.39, 0.29) is 18.3 Å². The number of anilines is 1. The molecular weight excluding hydrogens is 329 g/mol. The van der Waals surface area contributed by atoms with Crippen molar-refractivity contribution >= 4 is 23.2 Å².